The van der Waals surface area contributed by atoms with Crippen LogP contribution in [-0.2, 0) is 18.0 Å². The number of ether oxygens (including phenoxy) is 1. The number of rotatable bonds is 9. The van der Waals surface area contributed by atoms with Crippen molar-refractivity contribution in [2.75, 3.05) is 7.11 Å². The summed E-state index contributed by atoms with van der Waals surface area (Å²) in [5.74, 6) is 1.74. The van der Waals surface area contributed by atoms with Crippen LogP contribution >= 0.6 is 0 Å². The van der Waals surface area contributed by atoms with Crippen LogP contribution in [0.2, 0.25) is 58.9 Å². The Labute approximate surface area is 145 Å². The van der Waals surface area contributed by atoms with Crippen LogP contribution in [0.25, 0.3) is 0 Å². The quantitative estimate of drug-likeness (QED) is 0.306. The molecule has 0 spiro atoms. The van der Waals surface area contributed by atoms with E-state index in [2.05, 4.69) is 65.5 Å². The van der Waals surface area contributed by atoms with Crippen molar-refractivity contribution in [3.63, 3.8) is 0 Å². The van der Waals surface area contributed by atoms with Crippen LogP contribution in [-0.4, -0.2) is 32.1 Å². The van der Waals surface area contributed by atoms with Crippen molar-refractivity contribution >= 4 is 25.0 Å². The second kappa shape index (κ2) is 8.25. The fourth-order valence-electron chi connectivity index (χ4n) is 1.58. The smallest absolute Gasteiger partial charge is 0.268 e. The summed E-state index contributed by atoms with van der Waals surface area (Å²) in [6.45, 7) is 23.1. The zero-order chi connectivity index (χ0) is 18.5. The first-order chi connectivity index (χ1) is 10.1. The lowest BCUT2D eigenvalue weighted by molar-refractivity contribution is 0.145. The van der Waals surface area contributed by atoms with Crippen molar-refractivity contribution in [2.45, 2.75) is 58.9 Å². The van der Waals surface area contributed by atoms with Crippen molar-refractivity contribution in [2.24, 2.45) is 0 Å². The number of hydrogen-bond acceptors (Lipinski definition) is 4. The monoisotopic (exact) mass is 374 g/mol. The number of methoxy groups -OCH3 is 1. The molecule has 0 fully saturated rings. The molecule has 134 valence electrons. The van der Waals surface area contributed by atoms with Gasteiger partial charge in [0.25, 0.3) is 5.95 Å². The molecule has 0 radical (unpaired) electrons. The highest BCUT2D eigenvalue weighted by Crippen LogP contribution is 2.20. The standard InChI is InChI=1S/C16H34O4Si3/c1-14(18-21(3,4)5)12-15(19-22(6,7)8)13-16(17-2)20-23(9,10)11/h12-13H,1H2,2-11H3/b15-12+,16-13+. The second-order valence-corrected chi connectivity index (χ2v) is 21.6. The van der Waals surface area contributed by atoms with Crippen LogP contribution < -0.4 is 0 Å². The molecular formula is C16H34O4Si3. The molecule has 0 unspecified atom stereocenters. The second-order valence-electron chi connectivity index (χ2n) is 8.32. The highest BCUT2D eigenvalue weighted by Gasteiger charge is 2.22. The molecule has 0 aromatic carbocycles. The summed E-state index contributed by atoms with van der Waals surface area (Å²) in [6.07, 6.45) is 3.61. The average Bonchev–Trinajstić information content (AvgIpc) is 2.20. The summed E-state index contributed by atoms with van der Waals surface area (Å²) >= 11 is 0. The molecule has 0 aromatic heterocycles. The van der Waals surface area contributed by atoms with Gasteiger partial charge in [-0.25, -0.2) is 0 Å². The fourth-order valence-corrected chi connectivity index (χ4v) is 4.00. The van der Waals surface area contributed by atoms with E-state index < -0.39 is 25.0 Å². The molecule has 0 aliphatic rings. The van der Waals surface area contributed by atoms with E-state index in [1.165, 1.54) is 0 Å². The van der Waals surface area contributed by atoms with Crippen molar-refractivity contribution in [1.29, 1.82) is 0 Å². The molecule has 0 aliphatic heterocycles. The summed E-state index contributed by atoms with van der Waals surface area (Å²) in [5.41, 5.74) is 0. The Morgan fingerprint density at radius 3 is 1.48 bits per heavy atom. The first-order valence-corrected chi connectivity index (χ1v) is 18.1. The Kier molecular flexibility index (Phi) is 7.92. The molecule has 4 nitrogen and oxygen atoms in total. The van der Waals surface area contributed by atoms with Crippen LogP contribution in [0, 0.1) is 0 Å². The molecule has 0 saturated heterocycles. The van der Waals surface area contributed by atoms with E-state index in [9.17, 15) is 0 Å². The molecule has 0 saturated carbocycles. The highest BCUT2D eigenvalue weighted by atomic mass is 28.4. The maximum atomic E-state index is 6.12. The highest BCUT2D eigenvalue weighted by molar-refractivity contribution is 6.70. The Hall–Kier alpha value is -0.929. The molecule has 0 aliphatic carbocycles. The third kappa shape index (κ3) is 13.2. The zero-order valence-electron chi connectivity index (χ0n) is 16.5. The Morgan fingerprint density at radius 2 is 1.13 bits per heavy atom. The van der Waals surface area contributed by atoms with Crippen LogP contribution in [0.5, 0.6) is 0 Å². The zero-order valence-corrected chi connectivity index (χ0v) is 19.5. The van der Waals surface area contributed by atoms with Gasteiger partial charge in [-0.15, -0.1) is 0 Å². The van der Waals surface area contributed by atoms with Crippen LogP contribution in [0.15, 0.2) is 36.2 Å². The minimum absolute atomic E-state index is 0.467. The first kappa shape index (κ1) is 22.1. The van der Waals surface area contributed by atoms with Gasteiger partial charge in [-0.1, -0.05) is 6.58 Å². The van der Waals surface area contributed by atoms with Crippen molar-refractivity contribution in [3.8, 4) is 0 Å². The molecule has 23 heavy (non-hydrogen) atoms. The Balaban J connectivity index is 5.48. The lowest BCUT2D eigenvalue weighted by atomic mass is 10.4. The summed E-state index contributed by atoms with van der Waals surface area (Å²) in [6, 6.07) is 0. The van der Waals surface area contributed by atoms with E-state index in [0.717, 1.165) is 0 Å². The first-order valence-electron chi connectivity index (χ1n) is 7.85. The van der Waals surface area contributed by atoms with E-state index in [4.69, 9.17) is 18.0 Å². The summed E-state index contributed by atoms with van der Waals surface area (Å²) in [5, 5.41) is 0. The van der Waals surface area contributed by atoms with Crippen molar-refractivity contribution in [3.05, 3.63) is 36.2 Å². The summed E-state index contributed by atoms with van der Waals surface area (Å²) in [4.78, 5) is 0. The van der Waals surface area contributed by atoms with Crippen LogP contribution in [0.3, 0.4) is 0 Å². The van der Waals surface area contributed by atoms with Crippen molar-refractivity contribution < 1.29 is 18.0 Å². The van der Waals surface area contributed by atoms with Gasteiger partial charge in [0, 0.05) is 6.08 Å². The normalized spacial score (nSPS) is 14.3. The van der Waals surface area contributed by atoms with Gasteiger partial charge >= 0.3 is 0 Å². The molecule has 0 heterocycles. The predicted molar refractivity (Wildman–Crippen MR) is 106 cm³/mol. The lowest BCUT2D eigenvalue weighted by Gasteiger charge is -2.24. The maximum absolute atomic E-state index is 6.12. The molecule has 0 N–H and O–H groups in total. The van der Waals surface area contributed by atoms with Crippen LogP contribution in [0.4, 0.5) is 0 Å². The Morgan fingerprint density at radius 1 is 0.696 bits per heavy atom. The van der Waals surface area contributed by atoms with Gasteiger partial charge < -0.3 is 18.0 Å². The summed E-state index contributed by atoms with van der Waals surface area (Å²) in [7, 11) is -3.63. The SMILES string of the molecule is C=C(/C=C(\C=C(/OC)O[Si](C)(C)C)O[Si](C)(C)C)O[Si](C)(C)C. The van der Waals surface area contributed by atoms with Gasteiger partial charge in [-0.05, 0) is 58.9 Å². The van der Waals surface area contributed by atoms with Gasteiger partial charge in [0.15, 0.2) is 0 Å². The molecule has 0 bridgehead atoms. The molecule has 0 rings (SSSR count). The summed E-state index contributed by atoms with van der Waals surface area (Å²) < 4.78 is 23.3. The largest absolute Gasteiger partial charge is 0.545 e. The number of hydrogen-bond donors (Lipinski definition) is 0. The maximum Gasteiger partial charge on any atom is 0.268 e. The van der Waals surface area contributed by atoms with Crippen molar-refractivity contribution in [1.82, 2.24) is 0 Å². The van der Waals surface area contributed by atoms with E-state index in [0.29, 0.717) is 17.5 Å². The van der Waals surface area contributed by atoms with Gasteiger partial charge in [0.05, 0.1) is 18.9 Å². The Bertz CT molecular complexity index is 463. The third-order valence-electron chi connectivity index (χ3n) is 2.03. The van der Waals surface area contributed by atoms with Gasteiger partial charge in [-0.3, -0.25) is 0 Å². The average molecular weight is 375 g/mol. The van der Waals surface area contributed by atoms with E-state index in [1.54, 1.807) is 13.2 Å². The fraction of sp³-hybridized carbons (Fsp3) is 0.625. The van der Waals surface area contributed by atoms with Gasteiger partial charge in [-0.2, -0.15) is 0 Å². The van der Waals surface area contributed by atoms with Crippen LogP contribution in [0.1, 0.15) is 0 Å². The van der Waals surface area contributed by atoms with Gasteiger partial charge in [0.1, 0.15) is 5.76 Å². The predicted octanol–water partition coefficient (Wildman–Crippen LogP) is 5.43. The minimum atomic E-state index is -1.78. The lowest BCUT2D eigenvalue weighted by Crippen LogP contribution is -2.27. The minimum Gasteiger partial charge on any atom is -0.545 e. The molecule has 0 amide bonds. The molecule has 0 aromatic rings. The third-order valence-corrected chi connectivity index (χ3v) is 4.57. The van der Waals surface area contributed by atoms with Gasteiger partial charge in [0.2, 0.25) is 25.0 Å². The molecule has 7 heteroatoms. The number of allylic oxidation sites excluding steroid dienone is 2. The molecule has 0 atom stereocenters. The molecular weight excluding hydrogens is 340 g/mol. The van der Waals surface area contributed by atoms with E-state index >= 15 is 0 Å². The van der Waals surface area contributed by atoms with E-state index in [1.807, 2.05) is 6.08 Å². The van der Waals surface area contributed by atoms with E-state index in [-0.39, 0.29) is 0 Å². The topological polar surface area (TPSA) is 36.9 Å².